The number of hydrogen-bond acceptors (Lipinski definition) is 2. The first-order valence-corrected chi connectivity index (χ1v) is 4.59. The van der Waals surface area contributed by atoms with Gasteiger partial charge in [0.2, 0.25) is 11.8 Å². The van der Waals surface area contributed by atoms with Crippen molar-refractivity contribution in [2.75, 3.05) is 13.1 Å². The Kier molecular flexibility index (Phi) is 5.93. The molecule has 4 heteroatoms. The van der Waals surface area contributed by atoms with Gasteiger partial charge in [-0.15, -0.1) is 0 Å². The van der Waals surface area contributed by atoms with Gasteiger partial charge in [-0.2, -0.15) is 0 Å². The molecule has 0 aliphatic carbocycles. The van der Waals surface area contributed by atoms with E-state index in [4.69, 9.17) is 0 Å². The molecule has 0 fully saturated rings. The average Bonchev–Trinajstić information content (AvgIpc) is 2.00. The van der Waals surface area contributed by atoms with Gasteiger partial charge in [0.15, 0.2) is 0 Å². The van der Waals surface area contributed by atoms with Gasteiger partial charge in [-0.05, 0) is 12.8 Å². The van der Waals surface area contributed by atoms with Crippen molar-refractivity contribution in [3.05, 3.63) is 0 Å². The molecule has 2 N–H and O–H groups in total. The third kappa shape index (κ3) is 7.31. The maximum Gasteiger partial charge on any atom is 0.239 e. The fourth-order valence-corrected chi connectivity index (χ4v) is 0.881. The third-order valence-electron chi connectivity index (χ3n) is 1.41. The molecule has 0 rings (SSSR count). The second kappa shape index (κ2) is 6.46. The lowest BCUT2D eigenvalue weighted by Gasteiger charge is -2.06. The quantitative estimate of drug-likeness (QED) is 0.648. The summed E-state index contributed by atoms with van der Waals surface area (Å²) in [5, 5.41) is 5.15. The third-order valence-corrected chi connectivity index (χ3v) is 1.41. The van der Waals surface area contributed by atoms with E-state index in [0.29, 0.717) is 18.9 Å². The van der Waals surface area contributed by atoms with E-state index >= 15 is 0 Å². The zero-order chi connectivity index (χ0) is 10.3. The highest BCUT2D eigenvalue weighted by molar-refractivity contribution is 5.84. The summed E-state index contributed by atoms with van der Waals surface area (Å²) in [5.74, 6) is 0.120. The van der Waals surface area contributed by atoms with Crippen molar-refractivity contribution in [3.63, 3.8) is 0 Å². The van der Waals surface area contributed by atoms with Crippen molar-refractivity contribution in [1.29, 1.82) is 0 Å². The highest BCUT2D eigenvalue weighted by Crippen LogP contribution is 1.97. The maximum atomic E-state index is 11.1. The van der Waals surface area contributed by atoms with E-state index in [1.807, 2.05) is 20.8 Å². The van der Waals surface area contributed by atoms with Crippen LogP contribution in [0.4, 0.5) is 0 Å². The van der Waals surface area contributed by atoms with E-state index < -0.39 is 0 Å². The zero-order valence-electron chi connectivity index (χ0n) is 8.52. The summed E-state index contributed by atoms with van der Waals surface area (Å²) in [6, 6.07) is 0. The minimum absolute atomic E-state index is 0.0683. The number of likely N-dealkylation sites (N-methyl/N-ethyl adjacent to an activating group) is 1. The monoisotopic (exact) mass is 186 g/mol. The highest BCUT2D eigenvalue weighted by atomic mass is 16.2. The van der Waals surface area contributed by atoms with Crippen LogP contribution in [0.5, 0.6) is 0 Å². The Balaban J connectivity index is 3.52. The normalized spacial score (nSPS) is 9.85. The van der Waals surface area contributed by atoms with Crippen molar-refractivity contribution in [1.82, 2.24) is 10.6 Å². The van der Waals surface area contributed by atoms with Crippen LogP contribution in [0.2, 0.25) is 0 Å². The Bertz CT molecular complexity index is 178. The Morgan fingerprint density at radius 2 is 1.77 bits per heavy atom. The van der Waals surface area contributed by atoms with Crippen molar-refractivity contribution in [2.24, 2.45) is 5.92 Å². The SMILES string of the molecule is CCNC(=O)CNC(=O)CC(C)C. The van der Waals surface area contributed by atoms with Crippen LogP contribution < -0.4 is 10.6 Å². The van der Waals surface area contributed by atoms with E-state index in [1.165, 1.54) is 0 Å². The van der Waals surface area contributed by atoms with Crippen molar-refractivity contribution in [2.45, 2.75) is 27.2 Å². The van der Waals surface area contributed by atoms with Crippen LogP contribution >= 0.6 is 0 Å². The van der Waals surface area contributed by atoms with Gasteiger partial charge in [-0.25, -0.2) is 0 Å². The van der Waals surface area contributed by atoms with E-state index in [9.17, 15) is 9.59 Å². The molecule has 0 saturated carbocycles. The molecule has 0 aliphatic heterocycles. The first kappa shape index (κ1) is 11.9. The van der Waals surface area contributed by atoms with Crippen LogP contribution in [0, 0.1) is 5.92 Å². The number of amides is 2. The number of carbonyl (C=O) groups is 2. The number of carbonyl (C=O) groups excluding carboxylic acids is 2. The summed E-state index contributed by atoms with van der Waals surface area (Å²) in [7, 11) is 0. The Hall–Kier alpha value is -1.06. The summed E-state index contributed by atoms with van der Waals surface area (Å²) in [5.41, 5.74) is 0. The van der Waals surface area contributed by atoms with Gasteiger partial charge in [0, 0.05) is 13.0 Å². The summed E-state index contributed by atoms with van der Waals surface area (Å²) in [6.45, 7) is 6.45. The molecule has 4 nitrogen and oxygen atoms in total. The molecular formula is C9H18N2O2. The molecular weight excluding hydrogens is 168 g/mol. The second-order valence-corrected chi connectivity index (χ2v) is 3.33. The van der Waals surface area contributed by atoms with E-state index in [-0.39, 0.29) is 18.4 Å². The maximum absolute atomic E-state index is 11.1. The summed E-state index contributed by atoms with van der Waals surface area (Å²) < 4.78 is 0. The smallest absolute Gasteiger partial charge is 0.239 e. The van der Waals surface area contributed by atoms with Gasteiger partial charge in [-0.1, -0.05) is 13.8 Å². The predicted molar refractivity (Wildman–Crippen MR) is 51.1 cm³/mol. The molecule has 0 bridgehead atoms. The van der Waals surface area contributed by atoms with Gasteiger partial charge < -0.3 is 10.6 Å². The fourth-order valence-electron chi connectivity index (χ4n) is 0.881. The molecule has 76 valence electrons. The van der Waals surface area contributed by atoms with Gasteiger partial charge in [0.05, 0.1) is 6.54 Å². The minimum atomic E-state index is -0.139. The average molecular weight is 186 g/mol. The molecule has 0 unspecified atom stereocenters. The van der Waals surface area contributed by atoms with Gasteiger partial charge in [-0.3, -0.25) is 9.59 Å². The molecule has 13 heavy (non-hydrogen) atoms. The number of hydrogen-bond donors (Lipinski definition) is 2. The molecule has 0 aliphatic rings. The topological polar surface area (TPSA) is 58.2 Å². The van der Waals surface area contributed by atoms with E-state index in [0.717, 1.165) is 0 Å². The van der Waals surface area contributed by atoms with Crippen LogP contribution in [-0.4, -0.2) is 24.9 Å². The molecule has 0 aromatic rings. The predicted octanol–water partition coefficient (Wildman–Crippen LogP) is 0.285. The van der Waals surface area contributed by atoms with Crippen molar-refractivity contribution >= 4 is 11.8 Å². The zero-order valence-corrected chi connectivity index (χ0v) is 8.52. The van der Waals surface area contributed by atoms with Crippen LogP contribution in [0.3, 0.4) is 0 Å². The Labute approximate surface area is 79.1 Å². The Morgan fingerprint density at radius 3 is 2.23 bits per heavy atom. The molecule has 0 atom stereocenters. The minimum Gasteiger partial charge on any atom is -0.355 e. The van der Waals surface area contributed by atoms with E-state index in [1.54, 1.807) is 0 Å². The lowest BCUT2D eigenvalue weighted by Crippen LogP contribution is -2.37. The highest BCUT2D eigenvalue weighted by Gasteiger charge is 2.05. The van der Waals surface area contributed by atoms with Gasteiger partial charge >= 0.3 is 0 Å². The summed E-state index contributed by atoms with van der Waals surface area (Å²) in [4.78, 5) is 22.0. The lowest BCUT2D eigenvalue weighted by molar-refractivity contribution is -0.126. The summed E-state index contributed by atoms with van der Waals surface area (Å²) >= 11 is 0. The van der Waals surface area contributed by atoms with Crippen molar-refractivity contribution < 1.29 is 9.59 Å². The molecule has 0 aromatic heterocycles. The van der Waals surface area contributed by atoms with Crippen LogP contribution in [0.25, 0.3) is 0 Å². The Morgan fingerprint density at radius 1 is 1.15 bits per heavy atom. The van der Waals surface area contributed by atoms with Gasteiger partial charge in [0.1, 0.15) is 0 Å². The number of nitrogens with one attached hydrogen (secondary N) is 2. The number of rotatable bonds is 5. The van der Waals surface area contributed by atoms with Gasteiger partial charge in [0.25, 0.3) is 0 Å². The standard InChI is InChI=1S/C9H18N2O2/c1-4-10-9(13)6-11-8(12)5-7(2)3/h7H,4-6H2,1-3H3,(H,10,13)(H,11,12). The first-order chi connectivity index (χ1) is 6.06. The molecule has 0 spiro atoms. The molecule has 0 heterocycles. The second-order valence-electron chi connectivity index (χ2n) is 3.33. The molecule has 2 amide bonds. The van der Waals surface area contributed by atoms with Crippen LogP contribution in [0.1, 0.15) is 27.2 Å². The summed E-state index contributed by atoms with van der Waals surface area (Å²) in [6.07, 6.45) is 0.472. The molecule has 0 radical (unpaired) electrons. The molecule has 0 saturated heterocycles. The molecule has 0 aromatic carbocycles. The largest absolute Gasteiger partial charge is 0.355 e. The van der Waals surface area contributed by atoms with Crippen LogP contribution in [-0.2, 0) is 9.59 Å². The lowest BCUT2D eigenvalue weighted by atomic mass is 10.1. The first-order valence-electron chi connectivity index (χ1n) is 4.59. The fraction of sp³-hybridized carbons (Fsp3) is 0.778. The van der Waals surface area contributed by atoms with E-state index in [2.05, 4.69) is 10.6 Å². The van der Waals surface area contributed by atoms with Crippen LogP contribution in [0.15, 0.2) is 0 Å². The van der Waals surface area contributed by atoms with Crippen molar-refractivity contribution in [3.8, 4) is 0 Å².